The molecule has 2 aromatic rings. The molecule has 0 radical (unpaired) electrons. The molecule has 2 aromatic carbocycles. The summed E-state index contributed by atoms with van der Waals surface area (Å²) in [5.41, 5.74) is 0.803. The summed E-state index contributed by atoms with van der Waals surface area (Å²) in [6.45, 7) is 3.10. The van der Waals surface area contributed by atoms with Crippen molar-refractivity contribution in [2.75, 3.05) is 0 Å². The van der Waals surface area contributed by atoms with Gasteiger partial charge in [-0.1, -0.05) is 18.2 Å². The molecule has 1 N–H and O–H groups in total. The molecule has 2 rings (SSSR count). The van der Waals surface area contributed by atoms with Gasteiger partial charge in [-0.15, -0.1) is 0 Å². The lowest BCUT2D eigenvalue weighted by Crippen LogP contribution is -2.03. The molecule has 0 spiro atoms. The van der Waals surface area contributed by atoms with Gasteiger partial charge in [0.15, 0.2) is 0 Å². The Hall–Kier alpha value is -2.23. The Morgan fingerprint density at radius 1 is 1.05 bits per heavy atom. The van der Waals surface area contributed by atoms with Crippen LogP contribution < -0.4 is 0 Å². The van der Waals surface area contributed by atoms with Crippen LogP contribution in [0.25, 0.3) is 11.1 Å². The molecular formula is C15H12F2O2. The number of hydrogen-bond acceptors (Lipinski definition) is 1. The molecule has 0 aliphatic carbocycles. The van der Waals surface area contributed by atoms with Crippen LogP contribution in [0.4, 0.5) is 8.78 Å². The van der Waals surface area contributed by atoms with Crippen molar-refractivity contribution in [1.82, 2.24) is 0 Å². The third-order valence-corrected chi connectivity index (χ3v) is 3.01. The number of carboxylic acids is 1. The SMILES string of the molecule is Cc1cc(-c2cccc(C)c2F)c(C(=O)O)cc1F. The van der Waals surface area contributed by atoms with E-state index in [0.717, 1.165) is 6.07 Å². The maximum Gasteiger partial charge on any atom is 0.336 e. The lowest BCUT2D eigenvalue weighted by atomic mass is 9.95. The second-order valence-electron chi connectivity index (χ2n) is 4.39. The van der Waals surface area contributed by atoms with Crippen molar-refractivity contribution < 1.29 is 18.7 Å². The first-order valence-corrected chi connectivity index (χ1v) is 5.70. The fourth-order valence-corrected chi connectivity index (χ4v) is 1.94. The Morgan fingerprint density at radius 3 is 2.37 bits per heavy atom. The Bertz CT molecular complexity index is 663. The van der Waals surface area contributed by atoms with Gasteiger partial charge in [-0.3, -0.25) is 0 Å². The molecule has 0 amide bonds. The minimum atomic E-state index is -1.28. The third-order valence-electron chi connectivity index (χ3n) is 3.01. The van der Waals surface area contributed by atoms with Crippen LogP contribution in [0.2, 0.25) is 0 Å². The van der Waals surface area contributed by atoms with Gasteiger partial charge in [-0.2, -0.15) is 0 Å². The van der Waals surface area contributed by atoms with Crippen molar-refractivity contribution in [2.45, 2.75) is 13.8 Å². The third kappa shape index (κ3) is 2.34. The van der Waals surface area contributed by atoms with Crippen molar-refractivity contribution in [3.8, 4) is 11.1 Å². The van der Waals surface area contributed by atoms with Crippen LogP contribution >= 0.6 is 0 Å². The van der Waals surface area contributed by atoms with Gasteiger partial charge in [0.25, 0.3) is 0 Å². The zero-order valence-corrected chi connectivity index (χ0v) is 10.5. The Balaban J connectivity index is 2.77. The highest BCUT2D eigenvalue weighted by Crippen LogP contribution is 2.30. The molecule has 2 nitrogen and oxygen atoms in total. The quantitative estimate of drug-likeness (QED) is 0.889. The zero-order valence-electron chi connectivity index (χ0n) is 10.5. The van der Waals surface area contributed by atoms with E-state index in [0.29, 0.717) is 5.56 Å². The molecule has 0 aromatic heterocycles. The molecule has 0 atom stereocenters. The van der Waals surface area contributed by atoms with Gasteiger partial charge in [0, 0.05) is 5.56 Å². The summed E-state index contributed by atoms with van der Waals surface area (Å²) in [5.74, 6) is -2.39. The zero-order chi connectivity index (χ0) is 14.2. The maximum atomic E-state index is 14.1. The Kier molecular flexibility index (Phi) is 3.34. The van der Waals surface area contributed by atoms with E-state index in [9.17, 15) is 13.6 Å². The second-order valence-corrected chi connectivity index (χ2v) is 4.39. The number of carboxylic acid groups (broad SMARTS) is 1. The first-order valence-electron chi connectivity index (χ1n) is 5.70. The molecule has 0 saturated carbocycles. The molecular weight excluding hydrogens is 250 g/mol. The van der Waals surface area contributed by atoms with Crippen molar-refractivity contribution in [3.05, 3.63) is 58.7 Å². The van der Waals surface area contributed by atoms with Crippen LogP contribution in [0.1, 0.15) is 21.5 Å². The molecule has 0 saturated heterocycles. The van der Waals surface area contributed by atoms with E-state index in [2.05, 4.69) is 0 Å². The standard InChI is InChI=1S/C15H12F2O2/c1-8-4-3-5-10(14(8)17)11-6-9(2)13(16)7-12(11)15(18)19/h3-7H,1-2H3,(H,18,19). The van der Waals surface area contributed by atoms with Crippen LogP contribution in [0, 0.1) is 25.5 Å². The van der Waals surface area contributed by atoms with Gasteiger partial charge in [0.05, 0.1) is 5.56 Å². The highest BCUT2D eigenvalue weighted by atomic mass is 19.1. The lowest BCUT2D eigenvalue weighted by Gasteiger charge is -2.11. The van der Waals surface area contributed by atoms with E-state index >= 15 is 0 Å². The summed E-state index contributed by atoms with van der Waals surface area (Å²) >= 11 is 0. The lowest BCUT2D eigenvalue weighted by molar-refractivity contribution is 0.0697. The molecule has 0 unspecified atom stereocenters. The number of aryl methyl sites for hydroxylation is 2. The summed E-state index contributed by atoms with van der Waals surface area (Å²) in [4.78, 5) is 11.2. The smallest absolute Gasteiger partial charge is 0.336 e. The van der Waals surface area contributed by atoms with E-state index in [4.69, 9.17) is 5.11 Å². The van der Waals surface area contributed by atoms with E-state index in [-0.39, 0.29) is 22.3 Å². The highest BCUT2D eigenvalue weighted by Gasteiger charge is 2.18. The van der Waals surface area contributed by atoms with E-state index in [1.54, 1.807) is 19.1 Å². The van der Waals surface area contributed by atoms with Crippen LogP contribution in [-0.4, -0.2) is 11.1 Å². The number of carbonyl (C=O) groups is 1. The van der Waals surface area contributed by atoms with E-state index < -0.39 is 17.6 Å². The Morgan fingerprint density at radius 2 is 1.74 bits per heavy atom. The first kappa shape index (κ1) is 13.2. The minimum absolute atomic E-state index is 0.167. The summed E-state index contributed by atoms with van der Waals surface area (Å²) in [5, 5.41) is 9.11. The van der Waals surface area contributed by atoms with Crippen LogP contribution in [0.3, 0.4) is 0 Å². The number of hydrogen-bond donors (Lipinski definition) is 1. The molecule has 0 aliphatic rings. The average Bonchev–Trinajstić information content (AvgIpc) is 2.35. The van der Waals surface area contributed by atoms with Crippen molar-refractivity contribution in [3.63, 3.8) is 0 Å². The average molecular weight is 262 g/mol. The fourth-order valence-electron chi connectivity index (χ4n) is 1.94. The normalized spacial score (nSPS) is 10.5. The molecule has 0 heterocycles. The fraction of sp³-hybridized carbons (Fsp3) is 0.133. The molecule has 98 valence electrons. The Labute approximate surface area is 109 Å². The summed E-state index contributed by atoms with van der Waals surface area (Å²) < 4.78 is 27.5. The van der Waals surface area contributed by atoms with Crippen LogP contribution in [0.15, 0.2) is 30.3 Å². The predicted molar refractivity (Wildman–Crippen MR) is 68.2 cm³/mol. The second kappa shape index (κ2) is 4.80. The molecule has 0 fully saturated rings. The molecule has 0 bridgehead atoms. The predicted octanol–water partition coefficient (Wildman–Crippen LogP) is 3.95. The van der Waals surface area contributed by atoms with Gasteiger partial charge in [0.1, 0.15) is 11.6 Å². The van der Waals surface area contributed by atoms with Gasteiger partial charge in [0.2, 0.25) is 0 Å². The van der Waals surface area contributed by atoms with Gasteiger partial charge in [-0.05, 0) is 42.7 Å². The monoisotopic (exact) mass is 262 g/mol. The molecule has 19 heavy (non-hydrogen) atoms. The summed E-state index contributed by atoms with van der Waals surface area (Å²) in [6, 6.07) is 7.00. The number of halogens is 2. The number of aromatic carboxylic acids is 1. The number of rotatable bonds is 2. The van der Waals surface area contributed by atoms with Crippen molar-refractivity contribution in [1.29, 1.82) is 0 Å². The van der Waals surface area contributed by atoms with Gasteiger partial charge < -0.3 is 5.11 Å². The van der Waals surface area contributed by atoms with Crippen LogP contribution in [-0.2, 0) is 0 Å². The van der Waals surface area contributed by atoms with Crippen LogP contribution in [0.5, 0.6) is 0 Å². The van der Waals surface area contributed by atoms with E-state index in [1.165, 1.54) is 19.1 Å². The van der Waals surface area contributed by atoms with Crippen molar-refractivity contribution >= 4 is 5.97 Å². The van der Waals surface area contributed by atoms with Gasteiger partial charge >= 0.3 is 5.97 Å². The first-order chi connectivity index (χ1) is 8.91. The molecule has 4 heteroatoms. The number of benzene rings is 2. The maximum absolute atomic E-state index is 14.1. The van der Waals surface area contributed by atoms with Crippen molar-refractivity contribution in [2.24, 2.45) is 0 Å². The van der Waals surface area contributed by atoms with E-state index in [1.807, 2.05) is 0 Å². The van der Waals surface area contributed by atoms with Gasteiger partial charge in [-0.25, -0.2) is 13.6 Å². The highest BCUT2D eigenvalue weighted by molar-refractivity contribution is 5.96. The largest absolute Gasteiger partial charge is 0.478 e. The minimum Gasteiger partial charge on any atom is -0.478 e. The topological polar surface area (TPSA) is 37.3 Å². The molecule has 0 aliphatic heterocycles. The summed E-state index contributed by atoms with van der Waals surface area (Å²) in [7, 11) is 0. The summed E-state index contributed by atoms with van der Waals surface area (Å²) in [6.07, 6.45) is 0.